The normalized spacial score (nSPS) is 28.2. The number of rotatable bonds is 3. The smallest absolute Gasteiger partial charge is 0.306 e. The maximum absolute atomic E-state index is 10.6. The van der Waals surface area contributed by atoms with Crippen LogP contribution in [-0.2, 0) is 20.1 Å². The van der Waals surface area contributed by atoms with Crippen LogP contribution in [0, 0.1) is 0 Å². The van der Waals surface area contributed by atoms with E-state index < -0.39 is 17.9 Å². The molecule has 0 aromatic heterocycles. The molecule has 0 bridgehead atoms. The number of carboxylic acids is 1. The average molecular weight is 257 g/mol. The van der Waals surface area contributed by atoms with Gasteiger partial charge in [0.05, 0.1) is 19.1 Å². The Bertz CT molecular complexity index is 434. The lowest BCUT2D eigenvalue weighted by atomic mass is 10.1. The second kappa shape index (κ2) is 4.64. The molecule has 2 rings (SSSR count). The summed E-state index contributed by atoms with van der Waals surface area (Å²) in [6.45, 7) is 2.04. The first kappa shape index (κ1) is 12.4. The van der Waals surface area contributed by atoms with Crippen molar-refractivity contribution in [3.8, 4) is 0 Å². The van der Waals surface area contributed by atoms with Gasteiger partial charge in [0.15, 0.2) is 5.79 Å². The summed E-state index contributed by atoms with van der Waals surface area (Å²) < 4.78 is 11.2. The zero-order valence-electron chi connectivity index (χ0n) is 9.35. The van der Waals surface area contributed by atoms with Crippen LogP contribution in [0.1, 0.15) is 18.9 Å². The van der Waals surface area contributed by atoms with Crippen LogP contribution in [0.5, 0.6) is 0 Å². The van der Waals surface area contributed by atoms with Gasteiger partial charge in [0.1, 0.15) is 0 Å². The molecule has 1 heterocycles. The summed E-state index contributed by atoms with van der Waals surface area (Å²) in [5.74, 6) is -1.81. The second-order valence-electron chi connectivity index (χ2n) is 4.10. The lowest BCUT2D eigenvalue weighted by Crippen LogP contribution is -2.24. The van der Waals surface area contributed by atoms with Crippen LogP contribution in [0.4, 0.5) is 0 Å². The van der Waals surface area contributed by atoms with Crippen molar-refractivity contribution in [1.82, 2.24) is 0 Å². The third-order valence-corrected chi connectivity index (χ3v) is 2.92. The van der Waals surface area contributed by atoms with Crippen molar-refractivity contribution in [2.45, 2.75) is 25.2 Å². The second-order valence-corrected chi connectivity index (χ2v) is 4.54. The quantitative estimate of drug-likeness (QED) is 0.902. The Morgan fingerprint density at radius 1 is 1.65 bits per heavy atom. The Balaban J connectivity index is 2.14. The Hall–Kier alpha value is -1.10. The van der Waals surface area contributed by atoms with Crippen molar-refractivity contribution in [2.24, 2.45) is 0 Å². The van der Waals surface area contributed by atoms with Gasteiger partial charge in [0.25, 0.3) is 0 Å². The van der Waals surface area contributed by atoms with E-state index in [-0.39, 0.29) is 13.0 Å². The van der Waals surface area contributed by atoms with E-state index in [1.54, 1.807) is 25.1 Å². The van der Waals surface area contributed by atoms with Gasteiger partial charge in [-0.1, -0.05) is 23.7 Å². The number of carbonyl (C=O) groups is 1. The SMILES string of the molecule is CC1(c2cccc(Cl)c2)OCC(CC(=O)O)O1. The molecule has 92 valence electrons. The minimum atomic E-state index is -0.912. The molecule has 2 unspecified atom stereocenters. The monoisotopic (exact) mass is 256 g/mol. The Morgan fingerprint density at radius 3 is 3.06 bits per heavy atom. The van der Waals surface area contributed by atoms with Crippen LogP contribution in [0.15, 0.2) is 24.3 Å². The van der Waals surface area contributed by atoms with Crippen molar-refractivity contribution >= 4 is 17.6 Å². The van der Waals surface area contributed by atoms with Crippen LogP contribution in [0.25, 0.3) is 0 Å². The topological polar surface area (TPSA) is 55.8 Å². The van der Waals surface area contributed by atoms with Crippen molar-refractivity contribution in [2.75, 3.05) is 6.61 Å². The minimum Gasteiger partial charge on any atom is -0.481 e. The van der Waals surface area contributed by atoms with Gasteiger partial charge in [-0.25, -0.2) is 0 Å². The number of ether oxygens (including phenoxy) is 2. The fourth-order valence-corrected chi connectivity index (χ4v) is 2.05. The van der Waals surface area contributed by atoms with Crippen molar-refractivity contribution < 1.29 is 19.4 Å². The first-order chi connectivity index (χ1) is 7.99. The van der Waals surface area contributed by atoms with Crippen LogP contribution >= 0.6 is 11.6 Å². The zero-order chi connectivity index (χ0) is 12.5. The first-order valence-corrected chi connectivity index (χ1v) is 5.67. The summed E-state index contributed by atoms with van der Waals surface area (Å²) in [6, 6.07) is 7.16. The number of hydrogen-bond acceptors (Lipinski definition) is 3. The summed E-state index contributed by atoms with van der Waals surface area (Å²) in [4.78, 5) is 10.6. The molecule has 1 aliphatic heterocycles. The van der Waals surface area contributed by atoms with Gasteiger partial charge < -0.3 is 14.6 Å². The van der Waals surface area contributed by atoms with E-state index in [1.807, 2.05) is 6.07 Å². The fourth-order valence-electron chi connectivity index (χ4n) is 1.86. The zero-order valence-corrected chi connectivity index (χ0v) is 10.1. The molecular formula is C12H13ClO4. The molecule has 1 N–H and O–H groups in total. The Morgan fingerprint density at radius 2 is 2.41 bits per heavy atom. The molecule has 5 heteroatoms. The molecule has 1 aliphatic rings. The summed E-state index contributed by atoms with van der Waals surface area (Å²) in [6.07, 6.45) is -0.479. The Kier molecular flexibility index (Phi) is 3.38. The van der Waals surface area contributed by atoms with Crippen molar-refractivity contribution in [3.63, 3.8) is 0 Å². The number of halogens is 1. The number of benzene rings is 1. The van der Waals surface area contributed by atoms with Crippen LogP contribution in [-0.4, -0.2) is 23.8 Å². The standard InChI is InChI=1S/C12H13ClO4/c1-12(8-3-2-4-9(13)5-8)16-7-10(17-12)6-11(14)15/h2-5,10H,6-7H2,1H3,(H,14,15). The molecular weight excluding hydrogens is 244 g/mol. The maximum atomic E-state index is 10.6. The molecule has 0 saturated carbocycles. The highest BCUT2D eigenvalue weighted by Crippen LogP contribution is 2.35. The van der Waals surface area contributed by atoms with Gasteiger partial charge in [-0.15, -0.1) is 0 Å². The lowest BCUT2D eigenvalue weighted by molar-refractivity contribution is -0.166. The predicted molar refractivity (Wildman–Crippen MR) is 61.9 cm³/mol. The highest BCUT2D eigenvalue weighted by molar-refractivity contribution is 6.30. The van der Waals surface area contributed by atoms with E-state index in [2.05, 4.69) is 0 Å². The molecule has 0 spiro atoms. The molecule has 1 aromatic rings. The molecule has 4 nitrogen and oxygen atoms in total. The third kappa shape index (κ3) is 2.77. The van der Waals surface area contributed by atoms with Crippen molar-refractivity contribution in [3.05, 3.63) is 34.9 Å². The third-order valence-electron chi connectivity index (χ3n) is 2.69. The largest absolute Gasteiger partial charge is 0.481 e. The molecule has 0 amide bonds. The molecule has 2 atom stereocenters. The van der Waals surface area contributed by atoms with E-state index in [4.69, 9.17) is 26.2 Å². The predicted octanol–water partition coefficient (Wildman–Crippen LogP) is 2.40. The summed E-state index contributed by atoms with van der Waals surface area (Å²) in [7, 11) is 0. The van der Waals surface area contributed by atoms with E-state index >= 15 is 0 Å². The van der Waals surface area contributed by atoms with Crippen LogP contribution in [0.2, 0.25) is 5.02 Å². The number of aliphatic carboxylic acids is 1. The van der Waals surface area contributed by atoms with Crippen LogP contribution in [0.3, 0.4) is 0 Å². The highest BCUT2D eigenvalue weighted by atomic mass is 35.5. The molecule has 1 saturated heterocycles. The van der Waals surface area contributed by atoms with Gasteiger partial charge >= 0.3 is 5.97 Å². The maximum Gasteiger partial charge on any atom is 0.306 e. The summed E-state index contributed by atoms with van der Waals surface area (Å²) in [5.41, 5.74) is 0.790. The molecule has 1 fully saturated rings. The molecule has 0 aliphatic carbocycles. The number of carboxylic acid groups (broad SMARTS) is 1. The Labute approximate surface area is 104 Å². The van der Waals surface area contributed by atoms with Gasteiger partial charge in [0, 0.05) is 10.6 Å². The van der Waals surface area contributed by atoms with Crippen LogP contribution < -0.4 is 0 Å². The van der Waals surface area contributed by atoms with Gasteiger partial charge in [-0.05, 0) is 19.1 Å². The summed E-state index contributed by atoms with van der Waals surface area (Å²) in [5, 5.41) is 9.30. The van der Waals surface area contributed by atoms with E-state index in [0.717, 1.165) is 5.56 Å². The summed E-state index contributed by atoms with van der Waals surface area (Å²) >= 11 is 5.90. The highest BCUT2D eigenvalue weighted by Gasteiger charge is 2.39. The number of hydrogen-bond donors (Lipinski definition) is 1. The van der Waals surface area contributed by atoms with E-state index in [1.165, 1.54) is 0 Å². The molecule has 1 aromatic carbocycles. The van der Waals surface area contributed by atoms with Gasteiger partial charge in [-0.2, -0.15) is 0 Å². The van der Waals surface area contributed by atoms with Gasteiger partial charge in [-0.3, -0.25) is 4.79 Å². The lowest BCUT2D eigenvalue weighted by Gasteiger charge is -2.23. The van der Waals surface area contributed by atoms with E-state index in [9.17, 15) is 4.79 Å². The van der Waals surface area contributed by atoms with E-state index in [0.29, 0.717) is 5.02 Å². The fraction of sp³-hybridized carbons (Fsp3) is 0.417. The van der Waals surface area contributed by atoms with Gasteiger partial charge in [0.2, 0.25) is 0 Å². The molecule has 17 heavy (non-hydrogen) atoms. The average Bonchev–Trinajstić information content (AvgIpc) is 2.60. The minimum absolute atomic E-state index is 0.0594. The molecule has 0 radical (unpaired) electrons. The first-order valence-electron chi connectivity index (χ1n) is 5.29. The van der Waals surface area contributed by atoms with Crippen molar-refractivity contribution in [1.29, 1.82) is 0 Å².